The summed E-state index contributed by atoms with van der Waals surface area (Å²) in [4.78, 5) is 26.4. The molecule has 0 bridgehead atoms. The molecule has 3 N–H and O–H groups in total. The van der Waals surface area contributed by atoms with E-state index in [1.165, 1.54) is 6.92 Å². The second-order valence-electron chi connectivity index (χ2n) is 5.48. The van der Waals surface area contributed by atoms with Crippen LogP contribution in [0.1, 0.15) is 23.0 Å². The number of halogens is 1. The Hall–Kier alpha value is -2.79. The highest BCUT2D eigenvalue weighted by Gasteiger charge is 2.09. The van der Waals surface area contributed by atoms with E-state index in [0.29, 0.717) is 22.9 Å². The number of nitrogens with one attached hydrogen (secondary N) is 3. The van der Waals surface area contributed by atoms with Crippen molar-refractivity contribution in [3.8, 4) is 0 Å². The third-order valence-corrected chi connectivity index (χ3v) is 3.76. The second kappa shape index (κ2) is 6.76. The molecule has 2 aromatic carbocycles. The van der Waals surface area contributed by atoms with E-state index in [2.05, 4.69) is 15.6 Å². The maximum atomic E-state index is 12.3. The van der Waals surface area contributed by atoms with Crippen LogP contribution in [0, 0.1) is 0 Å². The molecule has 0 unspecified atom stereocenters. The van der Waals surface area contributed by atoms with Crippen molar-refractivity contribution in [1.29, 1.82) is 0 Å². The Kier molecular flexibility index (Phi) is 4.53. The maximum absolute atomic E-state index is 12.3. The number of carbonyl (C=O) groups is 2. The van der Waals surface area contributed by atoms with Crippen LogP contribution in [-0.2, 0) is 11.3 Å². The summed E-state index contributed by atoms with van der Waals surface area (Å²) in [5.74, 6) is -0.333. The lowest BCUT2D eigenvalue weighted by molar-refractivity contribution is -0.114. The predicted octanol–water partition coefficient (Wildman–Crippen LogP) is 3.71. The zero-order chi connectivity index (χ0) is 17.1. The van der Waals surface area contributed by atoms with Gasteiger partial charge in [0.1, 0.15) is 5.69 Å². The van der Waals surface area contributed by atoms with Crippen molar-refractivity contribution in [1.82, 2.24) is 10.3 Å². The van der Waals surface area contributed by atoms with Gasteiger partial charge in [-0.3, -0.25) is 9.59 Å². The first-order chi connectivity index (χ1) is 11.5. The van der Waals surface area contributed by atoms with Gasteiger partial charge in [0.2, 0.25) is 5.91 Å². The number of hydrogen-bond acceptors (Lipinski definition) is 2. The Labute approximate surface area is 144 Å². The monoisotopic (exact) mass is 341 g/mol. The standard InChI is InChI=1S/C18H16ClN3O2/c1-11(23)21-15-4-2-3-12(7-15)10-20-18(24)17-9-13-8-14(19)5-6-16(13)22-17/h2-9,22H,10H2,1H3,(H,20,24)(H,21,23). The van der Waals surface area contributed by atoms with E-state index >= 15 is 0 Å². The Morgan fingerprint density at radius 3 is 2.75 bits per heavy atom. The van der Waals surface area contributed by atoms with Crippen LogP contribution in [0.4, 0.5) is 5.69 Å². The van der Waals surface area contributed by atoms with Crippen LogP contribution in [0.3, 0.4) is 0 Å². The Bertz CT molecular complexity index is 918. The van der Waals surface area contributed by atoms with Crippen LogP contribution in [0.15, 0.2) is 48.5 Å². The second-order valence-corrected chi connectivity index (χ2v) is 5.92. The van der Waals surface area contributed by atoms with Gasteiger partial charge in [-0.1, -0.05) is 23.7 Å². The molecule has 5 nitrogen and oxygen atoms in total. The normalized spacial score (nSPS) is 10.6. The number of hydrogen-bond donors (Lipinski definition) is 3. The highest BCUT2D eigenvalue weighted by molar-refractivity contribution is 6.31. The van der Waals surface area contributed by atoms with Crippen molar-refractivity contribution in [3.05, 3.63) is 64.8 Å². The summed E-state index contributed by atoms with van der Waals surface area (Å²) in [6.07, 6.45) is 0. The van der Waals surface area contributed by atoms with Crippen LogP contribution in [0.25, 0.3) is 10.9 Å². The summed E-state index contributed by atoms with van der Waals surface area (Å²) in [6.45, 7) is 1.82. The summed E-state index contributed by atoms with van der Waals surface area (Å²) in [6, 6.07) is 14.5. The molecular formula is C18H16ClN3O2. The van der Waals surface area contributed by atoms with Crippen LogP contribution in [-0.4, -0.2) is 16.8 Å². The predicted molar refractivity (Wildman–Crippen MR) is 95.2 cm³/mol. The molecule has 0 aliphatic carbocycles. The fourth-order valence-corrected chi connectivity index (χ4v) is 2.65. The first-order valence-electron chi connectivity index (χ1n) is 7.44. The highest BCUT2D eigenvalue weighted by Crippen LogP contribution is 2.20. The quantitative estimate of drug-likeness (QED) is 0.676. The van der Waals surface area contributed by atoms with E-state index in [-0.39, 0.29) is 11.8 Å². The maximum Gasteiger partial charge on any atom is 0.267 e. The van der Waals surface area contributed by atoms with Crippen molar-refractivity contribution in [3.63, 3.8) is 0 Å². The molecular weight excluding hydrogens is 326 g/mol. The molecule has 122 valence electrons. The van der Waals surface area contributed by atoms with E-state index in [0.717, 1.165) is 16.5 Å². The average Bonchev–Trinajstić information content (AvgIpc) is 2.95. The SMILES string of the molecule is CC(=O)Nc1cccc(CNC(=O)c2cc3cc(Cl)ccc3[nH]2)c1. The van der Waals surface area contributed by atoms with Gasteiger partial charge in [0, 0.05) is 35.1 Å². The number of anilines is 1. The topological polar surface area (TPSA) is 74.0 Å². The fraction of sp³-hybridized carbons (Fsp3) is 0.111. The van der Waals surface area contributed by atoms with Gasteiger partial charge in [0.25, 0.3) is 5.91 Å². The van der Waals surface area contributed by atoms with Gasteiger partial charge >= 0.3 is 0 Å². The number of amides is 2. The van der Waals surface area contributed by atoms with Gasteiger partial charge in [0.15, 0.2) is 0 Å². The van der Waals surface area contributed by atoms with Crippen molar-refractivity contribution in [2.75, 3.05) is 5.32 Å². The number of benzene rings is 2. The number of H-pyrrole nitrogens is 1. The van der Waals surface area contributed by atoms with Crippen molar-refractivity contribution < 1.29 is 9.59 Å². The van der Waals surface area contributed by atoms with E-state index in [9.17, 15) is 9.59 Å². The summed E-state index contributed by atoms with van der Waals surface area (Å²) < 4.78 is 0. The van der Waals surface area contributed by atoms with E-state index in [4.69, 9.17) is 11.6 Å². The first kappa shape index (κ1) is 16.1. The van der Waals surface area contributed by atoms with Crippen molar-refractivity contribution in [2.45, 2.75) is 13.5 Å². The molecule has 0 radical (unpaired) electrons. The summed E-state index contributed by atoms with van der Waals surface area (Å²) >= 11 is 5.96. The minimum Gasteiger partial charge on any atom is -0.351 e. The molecule has 0 fully saturated rings. The molecule has 0 aliphatic rings. The molecule has 0 aliphatic heterocycles. The molecule has 6 heteroatoms. The first-order valence-corrected chi connectivity index (χ1v) is 7.82. The average molecular weight is 342 g/mol. The molecule has 0 saturated heterocycles. The molecule has 1 aromatic heterocycles. The lowest BCUT2D eigenvalue weighted by Gasteiger charge is -2.07. The highest BCUT2D eigenvalue weighted by atomic mass is 35.5. The molecule has 3 aromatic rings. The molecule has 0 spiro atoms. The number of rotatable bonds is 4. The third-order valence-electron chi connectivity index (χ3n) is 3.53. The van der Waals surface area contributed by atoms with Crippen LogP contribution in [0.2, 0.25) is 5.02 Å². The Balaban J connectivity index is 1.69. The fourth-order valence-electron chi connectivity index (χ4n) is 2.47. The number of fused-ring (bicyclic) bond motifs is 1. The molecule has 0 saturated carbocycles. The number of aromatic nitrogens is 1. The third kappa shape index (κ3) is 3.75. The zero-order valence-electron chi connectivity index (χ0n) is 13.0. The van der Waals surface area contributed by atoms with E-state index in [1.807, 2.05) is 24.3 Å². The molecule has 3 rings (SSSR count). The molecule has 1 heterocycles. The van der Waals surface area contributed by atoms with Crippen LogP contribution >= 0.6 is 11.6 Å². The minimum atomic E-state index is -0.202. The van der Waals surface area contributed by atoms with Gasteiger partial charge in [0.05, 0.1) is 0 Å². The Morgan fingerprint density at radius 2 is 1.96 bits per heavy atom. The lowest BCUT2D eigenvalue weighted by atomic mass is 10.2. The van der Waals surface area contributed by atoms with Gasteiger partial charge in [-0.2, -0.15) is 0 Å². The Morgan fingerprint density at radius 1 is 1.12 bits per heavy atom. The van der Waals surface area contributed by atoms with Gasteiger partial charge in [-0.05, 0) is 42.0 Å². The smallest absolute Gasteiger partial charge is 0.267 e. The number of aromatic amines is 1. The van der Waals surface area contributed by atoms with Gasteiger partial charge < -0.3 is 15.6 Å². The number of carbonyl (C=O) groups excluding carboxylic acids is 2. The summed E-state index contributed by atoms with van der Waals surface area (Å²) in [7, 11) is 0. The van der Waals surface area contributed by atoms with Crippen LogP contribution in [0.5, 0.6) is 0 Å². The molecule has 24 heavy (non-hydrogen) atoms. The van der Waals surface area contributed by atoms with Crippen LogP contribution < -0.4 is 10.6 Å². The van der Waals surface area contributed by atoms with Gasteiger partial charge in [-0.15, -0.1) is 0 Å². The molecule has 0 atom stereocenters. The van der Waals surface area contributed by atoms with Crippen molar-refractivity contribution >= 4 is 40.0 Å². The van der Waals surface area contributed by atoms with Gasteiger partial charge in [-0.25, -0.2) is 0 Å². The van der Waals surface area contributed by atoms with E-state index in [1.54, 1.807) is 24.3 Å². The minimum absolute atomic E-state index is 0.132. The van der Waals surface area contributed by atoms with Crippen molar-refractivity contribution in [2.24, 2.45) is 0 Å². The zero-order valence-corrected chi connectivity index (χ0v) is 13.8. The summed E-state index contributed by atoms with van der Waals surface area (Å²) in [5, 5.41) is 7.09. The largest absolute Gasteiger partial charge is 0.351 e. The molecule has 2 amide bonds. The lowest BCUT2D eigenvalue weighted by Crippen LogP contribution is -2.23. The van der Waals surface area contributed by atoms with E-state index < -0.39 is 0 Å². The summed E-state index contributed by atoms with van der Waals surface area (Å²) in [5.41, 5.74) is 2.94.